The van der Waals surface area contributed by atoms with Gasteiger partial charge in [-0.25, -0.2) is 4.98 Å². The van der Waals surface area contributed by atoms with Gasteiger partial charge in [-0.3, -0.25) is 9.36 Å². The van der Waals surface area contributed by atoms with Crippen LogP contribution in [0.1, 0.15) is 11.4 Å². The van der Waals surface area contributed by atoms with E-state index < -0.39 is 0 Å². The van der Waals surface area contributed by atoms with Gasteiger partial charge < -0.3 is 9.47 Å². The Bertz CT molecular complexity index is 1220. The van der Waals surface area contributed by atoms with E-state index >= 15 is 0 Å². The van der Waals surface area contributed by atoms with Crippen molar-refractivity contribution in [2.45, 2.75) is 0 Å². The number of nitrogens with zero attached hydrogens (tertiary/aromatic N) is 2. The molecule has 0 fully saturated rings. The van der Waals surface area contributed by atoms with E-state index in [1.54, 1.807) is 24.9 Å². The summed E-state index contributed by atoms with van der Waals surface area (Å²) in [5, 5.41) is 0.574. The van der Waals surface area contributed by atoms with Crippen molar-refractivity contribution in [3.63, 3.8) is 0 Å². The van der Waals surface area contributed by atoms with Crippen LogP contribution in [0.2, 0.25) is 0 Å². The number of benzene rings is 3. The minimum Gasteiger partial charge on any atom is -0.497 e. The van der Waals surface area contributed by atoms with Crippen molar-refractivity contribution in [3.8, 4) is 17.2 Å². The van der Waals surface area contributed by atoms with Gasteiger partial charge in [-0.05, 0) is 60.2 Å². The fourth-order valence-electron chi connectivity index (χ4n) is 3.13. The van der Waals surface area contributed by atoms with Gasteiger partial charge in [-0.15, -0.1) is 0 Å². The molecule has 5 heteroatoms. The highest BCUT2D eigenvalue weighted by Crippen LogP contribution is 2.19. The lowest BCUT2D eigenvalue weighted by molar-refractivity contribution is 0.414. The normalized spacial score (nSPS) is 11.1. The molecule has 1 aromatic heterocycles. The molecule has 1 heterocycles. The Kier molecular flexibility index (Phi) is 5.12. The molecule has 4 rings (SSSR count). The molecule has 0 spiro atoms. The molecule has 0 saturated heterocycles. The molecule has 29 heavy (non-hydrogen) atoms. The molecule has 0 atom stereocenters. The van der Waals surface area contributed by atoms with Gasteiger partial charge in [0.15, 0.2) is 0 Å². The zero-order valence-electron chi connectivity index (χ0n) is 16.2. The van der Waals surface area contributed by atoms with Gasteiger partial charge in [0.2, 0.25) is 0 Å². The zero-order valence-corrected chi connectivity index (χ0v) is 16.2. The second kappa shape index (κ2) is 8.02. The highest BCUT2D eigenvalue weighted by atomic mass is 16.5. The maximum Gasteiger partial charge on any atom is 0.266 e. The number of fused-ring (bicyclic) bond motifs is 1. The van der Waals surface area contributed by atoms with Gasteiger partial charge in [0.05, 0.1) is 30.8 Å². The van der Waals surface area contributed by atoms with Crippen molar-refractivity contribution in [1.29, 1.82) is 0 Å². The van der Waals surface area contributed by atoms with E-state index in [-0.39, 0.29) is 5.56 Å². The van der Waals surface area contributed by atoms with Gasteiger partial charge in [-0.1, -0.05) is 30.3 Å². The van der Waals surface area contributed by atoms with Crippen molar-refractivity contribution in [1.82, 2.24) is 9.55 Å². The van der Waals surface area contributed by atoms with Gasteiger partial charge >= 0.3 is 0 Å². The third-order valence-electron chi connectivity index (χ3n) is 4.67. The topological polar surface area (TPSA) is 53.3 Å². The Morgan fingerprint density at radius 2 is 1.41 bits per heavy atom. The Morgan fingerprint density at radius 1 is 0.793 bits per heavy atom. The van der Waals surface area contributed by atoms with Crippen molar-refractivity contribution < 1.29 is 9.47 Å². The minimum atomic E-state index is -0.116. The summed E-state index contributed by atoms with van der Waals surface area (Å²) in [5.41, 5.74) is 2.25. The highest BCUT2D eigenvalue weighted by Gasteiger charge is 2.11. The average Bonchev–Trinajstić information content (AvgIpc) is 2.78. The molecule has 0 N–H and O–H groups in total. The fourth-order valence-corrected chi connectivity index (χ4v) is 3.13. The largest absolute Gasteiger partial charge is 0.497 e. The molecule has 0 aliphatic rings. The van der Waals surface area contributed by atoms with Crippen molar-refractivity contribution in [2.24, 2.45) is 0 Å². The summed E-state index contributed by atoms with van der Waals surface area (Å²) in [5.74, 6) is 2.07. The summed E-state index contributed by atoms with van der Waals surface area (Å²) < 4.78 is 12.0. The molecule has 0 bridgehead atoms. The van der Waals surface area contributed by atoms with Gasteiger partial charge in [-0.2, -0.15) is 0 Å². The number of para-hydroxylation sites is 1. The van der Waals surface area contributed by atoms with E-state index in [0.717, 1.165) is 22.7 Å². The van der Waals surface area contributed by atoms with Crippen LogP contribution < -0.4 is 15.0 Å². The third-order valence-corrected chi connectivity index (χ3v) is 4.67. The molecule has 0 amide bonds. The van der Waals surface area contributed by atoms with Crippen LogP contribution in [0.25, 0.3) is 28.7 Å². The summed E-state index contributed by atoms with van der Waals surface area (Å²) in [7, 11) is 3.25. The Balaban J connectivity index is 1.86. The van der Waals surface area contributed by atoms with Gasteiger partial charge in [0, 0.05) is 0 Å². The first-order valence-corrected chi connectivity index (χ1v) is 9.18. The lowest BCUT2D eigenvalue weighted by atomic mass is 10.2. The number of hydrogen-bond donors (Lipinski definition) is 0. The van der Waals surface area contributed by atoms with Crippen LogP contribution in [0.15, 0.2) is 77.6 Å². The monoisotopic (exact) mass is 384 g/mol. The molecule has 5 nitrogen and oxygen atoms in total. The van der Waals surface area contributed by atoms with Crippen molar-refractivity contribution in [3.05, 3.63) is 94.5 Å². The molecule has 0 saturated carbocycles. The molecule has 4 aromatic rings. The predicted molar refractivity (Wildman–Crippen MR) is 116 cm³/mol. The number of hydrogen-bond acceptors (Lipinski definition) is 4. The first kappa shape index (κ1) is 18.5. The summed E-state index contributed by atoms with van der Waals surface area (Å²) in [6.45, 7) is 0. The van der Waals surface area contributed by atoms with Gasteiger partial charge in [0.1, 0.15) is 17.3 Å². The van der Waals surface area contributed by atoms with E-state index in [4.69, 9.17) is 14.5 Å². The number of ether oxygens (including phenoxy) is 2. The molecule has 0 radical (unpaired) electrons. The maximum atomic E-state index is 13.2. The smallest absolute Gasteiger partial charge is 0.266 e. The first-order valence-electron chi connectivity index (χ1n) is 9.18. The van der Waals surface area contributed by atoms with Crippen LogP contribution in [0.4, 0.5) is 0 Å². The van der Waals surface area contributed by atoms with Crippen LogP contribution in [0, 0.1) is 0 Å². The van der Waals surface area contributed by atoms with Crippen LogP contribution in [-0.2, 0) is 0 Å². The van der Waals surface area contributed by atoms with Crippen LogP contribution in [-0.4, -0.2) is 23.8 Å². The van der Waals surface area contributed by atoms with E-state index in [9.17, 15) is 4.79 Å². The molecule has 0 aliphatic carbocycles. The molecule has 0 aliphatic heterocycles. The summed E-state index contributed by atoms with van der Waals surface area (Å²) in [6, 6.07) is 22.4. The lowest BCUT2D eigenvalue weighted by Gasteiger charge is -2.12. The third kappa shape index (κ3) is 3.75. The van der Waals surface area contributed by atoms with Crippen LogP contribution >= 0.6 is 0 Å². The van der Waals surface area contributed by atoms with E-state index in [1.165, 1.54) is 0 Å². The fraction of sp³-hybridized carbons (Fsp3) is 0.0833. The molecule has 3 aromatic carbocycles. The second-order valence-electron chi connectivity index (χ2n) is 6.43. The lowest BCUT2D eigenvalue weighted by Crippen LogP contribution is -2.22. The SMILES string of the molecule is COc1ccc(/C=C\c2nc3ccccc3c(=O)n2-c2ccc(OC)cc2)cc1. The molecule has 0 unspecified atom stereocenters. The van der Waals surface area contributed by atoms with Crippen LogP contribution in [0.3, 0.4) is 0 Å². The molecular formula is C24H20N2O3. The summed E-state index contributed by atoms with van der Waals surface area (Å²) in [6.07, 6.45) is 3.77. The average molecular weight is 384 g/mol. The molecular weight excluding hydrogens is 364 g/mol. The van der Waals surface area contributed by atoms with E-state index in [2.05, 4.69) is 0 Å². The number of rotatable bonds is 5. The van der Waals surface area contributed by atoms with Crippen molar-refractivity contribution in [2.75, 3.05) is 14.2 Å². The molecule has 144 valence electrons. The van der Waals surface area contributed by atoms with Gasteiger partial charge in [0.25, 0.3) is 5.56 Å². The predicted octanol–water partition coefficient (Wildman–Crippen LogP) is 4.57. The van der Waals surface area contributed by atoms with E-state index in [0.29, 0.717) is 16.7 Å². The highest BCUT2D eigenvalue weighted by molar-refractivity contribution is 5.80. The Morgan fingerprint density at radius 3 is 2.07 bits per heavy atom. The maximum absolute atomic E-state index is 13.2. The second-order valence-corrected chi connectivity index (χ2v) is 6.43. The summed E-state index contributed by atoms with van der Waals surface area (Å²) in [4.78, 5) is 18.0. The van der Waals surface area contributed by atoms with Crippen LogP contribution in [0.5, 0.6) is 11.5 Å². The zero-order chi connectivity index (χ0) is 20.2. The minimum absolute atomic E-state index is 0.116. The summed E-state index contributed by atoms with van der Waals surface area (Å²) >= 11 is 0. The standard InChI is InChI=1S/C24H20N2O3/c1-28-19-12-7-17(8-13-19)9-16-23-25-22-6-4-3-5-21(22)24(27)26(23)18-10-14-20(29-2)15-11-18/h3-16H,1-2H3/b16-9-. The van der Waals surface area contributed by atoms with Crippen molar-refractivity contribution >= 4 is 23.1 Å². The first-order chi connectivity index (χ1) is 14.2. The quantitative estimate of drug-likeness (QED) is 0.506. The Hall–Kier alpha value is -3.86. The number of aromatic nitrogens is 2. The Labute approximate surface area is 168 Å². The van der Waals surface area contributed by atoms with E-state index in [1.807, 2.05) is 78.9 Å². The number of methoxy groups -OCH3 is 2.